The van der Waals surface area contributed by atoms with Gasteiger partial charge in [-0.25, -0.2) is 0 Å². The van der Waals surface area contributed by atoms with E-state index in [4.69, 9.17) is 4.42 Å². The first-order valence-corrected chi connectivity index (χ1v) is 7.41. The van der Waals surface area contributed by atoms with E-state index in [1.807, 2.05) is 0 Å². The van der Waals surface area contributed by atoms with Crippen LogP contribution in [0.4, 0.5) is 0 Å². The highest BCUT2D eigenvalue weighted by Crippen LogP contribution is 2.39. The van der Waals surface area contributed by atoms with Crippen LogP contribution in [0.2, 0.25) is 0 Å². The zero-order valence-electron chi connectivity index (χ0n) is 11.7. The number of aromatic nitrogens is 2. The largest absolute Gasteiger partial charge is 0.424 e. The Labute approximate surface area is 118 Å². The molecule has 1 aromatic carbocycles. The number of benzene rings is 1. The van der Waals surface area contributed by atoms with Gasteiger partial charge in [0.1, 0.15) is 0 Å². The third-order valence-corrected chi connectivity index (χ3v) is 4.43. The van der Waals surface area contributed by atoms with Crippen molar-refractivity contribution in [2.45, 2.75) is 44.2 Å². The Balaban J connectivity index is 1.48. The fraction of sp³-hybridized carbons (Fsp3) is 0.500. The van der Waals surface area contributed by atoms with Crippen molar-refractivity contribution in [1.29, 1.82) is 0 Å². The monoisotopic (exact) mass is 269 g/mol. The summed E-state index contributed by atoms with van der Waals surface area (Å²) in [6.45, 7) is 0.735. The van der Waals surface area contributed by atoms with E-state index in [0.717, 1.165) is 18.3 Å². The van der Waals surface area contributed by atoms with E-state index in [0.29, 0.717) is 12.0 Å². The number of fused-ring (bicyclic) bond motifs is 1. The second kappa shape index (κ2) is 4.70. The third kappa shape index (κ3) is 2.14. The summed E-state index contributed by atoms with van der Waals surface area (Å²) >= 11 is 0. The van der Waals surface area contributed by atoms with Crippen LogP contribution in [0.15, 0.2) is 28.7 Å². The van der Waals surface area contributed by atoms with Crippen LogP contribution in [-0.4, -0.2) is 22.1 Å². The number of nitrogens with zero attached hydrogens (tertiary/aromatic N) is 3. The molecule has 4 rings (SSSR count). The molecule has 0 radical (unpaired) electrons. The molecule has 0 aliphatic heterocycles. The standard InChI is InChI=1S/C16H19N3O/c1-19(10-15-17-18-16(20-15)12-6-7-12)14-9-8-11-4-2-3-5-13(11)14/h2-5,12,14H,6-10H2,1H3/t14-/m1/s1. The predicted octanol–water partition coefficient (Wildman–Crippen LogP) is 3.07. The smallest absolute Gasteiger partial charge is 0.230 e. The maximum Gasteiger partial charge on any atom is 0.230 e. The lowest BCUT2D eigenvalue weighted by atomic mass is 10.1. The molecular weight excluding hydrogens is 250 g/mol. The minimum atomic E-state index is 0.475. The Morgan fingerprint density at radius 3 is 2.90 bits per heavy atom. The quantitative estimate of drug-likeness (QED) is 0.855. The molecular formula is C16H19N3O. The van der Waals surface area contributed by atoms with Crippen LogP contribution in [0.1, 0.15) is 54.1 Å². The van der Waals surface area contributed by atoms with Crippen LogP contribution in [0.25, 0.3) is 0 Å². The van der Waals surface area contributed by atoms with E-state index in [9.17, 15) is 0 Å². The van der Waals surface area contributed by atoms with E-state index in [-0.39, 0.29) is 0 Å². The predicted molar refractivity (Wildman–Crippen MR) is 75.2 cm³/mol. The van der Waals surface area contributed by atoms with Crippen molar-refractivity contribution in [2.75, 3.05) is 7.05 Å². The molecule has 1 heterocycles. The normalized spacial score (nSPS) is 21.4. The first kappa shape index (κ1) is 12.1. The molecule has 2 aromatic rings. The summed E-state index contributed by atoms with van der Waals surface area (Å²) in [5, 5.41) is 8.35. The van der Waals surface area contributed by atoms with Crippen molar-refractivity contribution in [3.63, 3.8) is 0 Å². The zero-order chi connectivity index (χ0) is 13.5. The lowest BCUT2D eigenvalue weighted by Crippen LogP contribution is -2.22. The molecule has 1 aromatic heterocycles. The van der Waals surface area contributed by atoms with Crippen molar-refractivity contribution < 1.29 is 4.42 Å². The molecule has 20 heavy (non-hydrogen) atoms. The van der Waals surface area contributed by atoms with Crippen molar-refractivity contribution in [1.82, 2.24) is 15.1 Å². The molecule has 0 unspecified atom stereocenters. The molecule has 2 aliphatic carbocycles. The minimum absolute atomic E-state index is 0.475. The maximum atomic E-state index is 5.76. The van der Waals surface area contributed by atoms with Crippen LogP contribution < -0.4 is 0 Å². The van der Waals surface area contributed by atoms with Crippen molar-refractivity contribution >= 4 is 0 Å². The average molecular weight is 269 g/mol. The van der Waals surface area contributed by atoms with E-state index in [2.05, 4.69) is 46.4 Å². The highest BCUT2D eigenvalue weighted by atomic mass is 16.4. The summed E-state index contributed by atoms with van der Waals surface area (Å²) in [7, 11) is 2.15. The Bertz CT molecular complexity index is 618. The summed E-state index contributed by atoms with van der Waals surface area (Å²) in [6, 6.07) is 9.21. The Hall–Kier alpha value is -1.68. The van der Waals surface area contributed by atoms with Gasteiger partial charge in [-0.3, -0.25) is 4.90 Å². The van der Waals surface area contributed by atoms with Crippen LogP contribution in [0.3, 0.4) is 0 Å². The van der Waals surface area contributed by atoms with Gasteiger partial charge in [-0.05, 0) is 43.9 Å². The molecule has 1 fully saturated rings. The first-order valence-electron chi connectivity index (χ1n) is 7.41. The van der Waals surface area contributed by atoms with Gasteiger partial charge in [-0.2, -0.15) is 0 Å². The van der Waals surface area contributed by atoms with E-state index >= 15 is 0 Å². The molecule has 0 N–H and O–H groups in total. The Morgan fingerprint density at radius 2 is 2.05 bits per heavy atom. The second-order valence-electron chi connectivity index (χ2n) is 5.98. The number of hydrogen-bond acceptors (Lipinski definition) is 4. The molecule has 0 amide bonds. The zero-order valence-corrected chi connectivity index (χ0v) is 11.7. The van der Waals surface area contributed by atoms with E-state index in [1.54, 1.807) is 0 Å². The van der Waals surface area contributed by atoms with Crippen LogP contribution in [0, 0.1) is 0 Å². The maximum absolute atomic E-state index is 5.76. The molecule has 0 saturated heterocycles. The van der Waals surface area contributed by atoms with Gasteiger partial charge < -0.3 is 4.42 Å². The van der Waals surface area contributed by atoms with E-state index < -0.39 is 0 Å². The number of hydrogen-bond donors (Lipinski definition) is 0. The molecule has 1 atom stereocenters. The minimum Gasteiger partial charge on any atom is -0.424 e. The first-order chi connectivity index (χ1) is 9.81. The lowest BCUT2D eigenvalue weighted by molar-refractivity contribution is 0.212. The molecule has 0 bridgehead atoms. The topological polar surface area (TPSA) is 42.2 Å². The van der Waals surface area contributed by atoms with Gasteiger partial charge in [-0.15, -0.1) is 10.2 Å². The fourth-order valence-corrected chi connectivity index (χ4v) is 3.14. The van der Waals surface area contributed by atoms with Gasteiger partial charge in [-0.1, -0.05) is 24.3 Å². The average Bonchev–Trinajstić information content (AvgIpc) is 3.06. The molecule has 104 valence electrons. The molecule has 0 spiro atoms. The summed E-state index contributed by atoms with van der Waals surface area (Å²) in [4.78, 5) is 2.33. The number of rotatable bonds is 4. The van der Waals surface area contributed by atoms with Crippen molar-refractivity contribution in [3.8, 4) is 0 Å². The van der Waals surface area contributed by atoms with Crippen LogP contribution in [0.5, 0.6) is 0 Å². The number of aryl methyl sites for hydroxylation is 1. The fourth-order valence-electron chi connectivity index (χ4n) is 3.14. The highest BCUT2D eigenvalue weighted by Gasteiger charge is 2.30. The Morgan fingerprint density at radius 1 is 1.20 bits per heavy atom. The summed E-state index contributed by atoms with van der Waals surface area (Å²) in [6.07, 6.45) is 4.75. The SMILES string of the molecule is CN(Cc1nnc(C2CC2)o1)[C@@H]1CCc2ccccc21. The Kier molecular flexibility index (Phi) is 2.84. The summed E-state index contributed by atoms with van der Waals surface area (Å²) in [5.41, 5.74) is 2.94. The highest BCUT2D eigenvalue weighted by molar-refractivity contribution is 5.34. The second-order valence-corrected chi connectivity index (χ2v) is 5.98. The molecule has 4 nitrogen and oxygen atoms in total. The summed E-state index contributed by atoms with van der Waals surface area (Å²) in [5.74, 6) is 2.12. The summed E-state index contributed by atoms with van der Waals surface area (Å²) < 4.78 is 5.76. The molecule has 4 heteroatoms. The van der Waals surface area contributed by atoms with E-state index in [1.165, 1.54) is 36.8 Å². The van der Waals surface area contributed by atoms with Crippen LogP contribution >= 0.6 is 0 Å². The lowest BCUT2D eigenvalue weighted by Gasteiger charge is -2.23. The van der Waals surface area contributed by atoms with Gasteiger partial charge >= 0.3 is 0 Å². The molecule has 1 saturated carbocycles. The van der Waals surface area contributed by atoms with Crippen LogP contribution in [-0.2, 0) is 13.0 Å². The van der Waals surface area contributed by atoms with Gasteiger partial charge in [0.25, 0.3) is 0 Å². The van der Waals surface area contributed by atoms with Gasteiger partial charge in [0.15, 0.2) is 0 Å². The van der Waals surface area contributed by atoms with Gasteiger partial charge in [0.05, 0.1) is 6.54 Å². The van der Waals surface area contributed by atoms with Crippen molar-refractivity contribution in [3.05, 3.63) is 47.2 Å². The third-order valence-electron chi connectivity index (χ3n) is 4.43. The van der Waals surface area contributed by atoms with Gasteiger partial charge in [0, 0.05) is 12.0 Å². The van der Waals surface area contributed by atoms with Gasteiger partial charge in [0.2, 0.25) is 11.8 Å². The molecule has 2 aliphatic rings. The van der Waals surface area contributed by atoms with Crippen molar-refractivity contribution in [2.24, 2.45) is 0 Å².